The van der Waals surface area contributed by atoms with E-state index in [9.17, 15) is 4.79 Å². The molecule has 0 atom stereocenters. The lowest BCUT2D eigenvalue weighted by Gasteiger charge is -2.06. The van der Waals surface area contributed by atoms with Gasteiger partial charge in [-0.2, -0.15) is 0 Å². The van der Waals surface area contributed by atoms with E-state index in [-0.39, 0.29) is 5.56 Å². The van der Waals surface area contributed by atoms with Crippen LogP contribution in [0.5, 0.6) is 0 Å². The number of aromatic nitrogens is 3. The minimum absolute atomic E-state index is 0.199. The van der Waals surface area contributed by atoms with Crippen molar-refractivity contribution in [3.05, 3.63) is 54.5 Å². The van der Waals surface area contributed by atoms with Crippen molar-refractivity contribution >= 4 is 23.4 Å². The Labute approximate surface area is 112 Å². The van der Waals surface area contributed by atoms with Gasteiger partial charge in [0.15, 0.2) is 0 Å². The Balaban J connectivity index is 2.06. The number of aromatic carboxylic acids is 1. The number of rotatable bonds is 3. The minimum Gasteiger partial charge on any atom is -0.478 e. The van der Waals surface area contributed by atoms with Crippen molar-refractivity contribution in [2.75, 3.05) is 0 Å². The smallest absolute Gasteiger partial charge is 0.338 e. The molecular formula is C13H9N3O2S. The molecule has 0 amide bonds. The molecule has 5 nitrogen and oxygen atoms in total. The number of fused-ring (bicyclic) bond motifs is 1. The van der Waals surface area contributed by atoms with Crippen LogP contribution in [0.1, 0.15) is 10.4 Å². The van der Waals surface area contributed by atoms with Crippen LogP contribution in [0.2, 0.25) is 0 Å². The summed E-state index contributed by atoms with van der Waals surface area (Å²) in [5.41, 5.74) is 1.02. The molecule has 3 heterocycles. The molecule has 0 saturated carbocycles. The molecule has 3 aromatic heterocycles. The summed E-state index contributed by atoms with van der Waals surface area (Å²) in [5, 5.41) is 10.5. The average Bonchev–Trinajstić information content (AvgIpc) is 2.88. The summed E-state index contributed by atoms with van der Waals surface area (Å²) in [6.07, 6.45) is 5.12. The van der Waals surface area contributed by atoms with E-state index in [1.54, 1.807) is 24.5 Å². The van der Waals surface area contributed by atoms with Crippen LogP contribution < -0.4 is 0 Å². The van der Waals surface area contributed by atoms with Gasteiger partial charge in [-0.1, -0.05) is 17.8 Å². The molecule has 6 heteroatoms. The summed E-state index contributed by atoms with van der Waals surface area (Å²) >= 11 is 1.31. The molecule has 0 spiro atoms. The summed E-state index contributed by atoms with van der Waals surface area (Å²) < 4.78 is 1.89. The van der Waals surface area contributed by atoms with Crippen molar-refractivity contribution in [3.8, 4) is 0 Å². The van der Waals surface area contributed by atoms with Crippen LogP contribution in [0.15, 0.2) is 59.0 Å². The molecule has 0 bridgehead atoms. The lowest BCUT2D eigenvalue weighted by molar-refractivity contribution is 0.0692. The predicted octanol–water partition coefficient (Wildman–Crippen LogP) is 2.58. The van der Waals surface area contributed by atoms with Crippen LogP contribution in [0, 0.1) is 0 Å². The van der Waals surface area contributed by atoms with E-state index in [4.69, 9.17) is 5.11 Å². The molecule has 0 aliphatic rings. The van der Waals surface area contributed by atoms with Crippen molar-refractivity contribution in [3.63, 3.8) is 0 Å². The molecule has 0 aromatic carbocycles. The Morgan fingerprint density at radius 3 is 2.89 bits per heavy atom. The zero-order valence-corrected chi connectivity index (χ0v) is 10.5. The number of imidazole rings is 1. The van der Waals surface area contributed by atoms with E-state index in [1.165, 1.54) is 11.8 Å². The molecule has 94 valence electrons. The van der Waals surface area contributed by atoms with Gasteiger partial charge in [-0.15, -0.1) is 0 Å². The highest BCUT2D eigenvalue weighted by atomic mass is 32.2. The highest BCUT2D eigenvalue weighted by Crippen LogP contribution is 2.28. The summed E-state index contributed by atoms with van der Waals surface area (Å²) in [6, 6.07) is 8.84. The maximum atomic E-state index is 11.2. The van der Waals surface area contributed by atoms with E-state index in [0.29, 0.717) is 5.03 Å². The van der Waals surface area contributed by atoms with Gasteiger partial charge in [0.05, 0.1) is 10.6 Å². The number of nitrogens with zero attached hydrogens (tertiary/aromatic N) is 3. The monoisotopic (exact) mass is 271 g/mol. The Kier molecular flexibility index (Phi) is 2.92. The van der Waals surface area contributed by atoms with E-state index >= 15 is 0 Å². The molecule has 0 radical (unpaired) electrons. The van der Waals surface area contributed by atoms with Gasteiger partial charge in [0.25, 0.3) is 0 Å². The van der Waals surface area contributed by atoms with Crippen molar-refractivity contribution < 1.29 is 9.90 Å². The van der Waals surface area contributed by atoms with Crippen LogP contribution in [-0.2, 0) is 0 Å². The first-order valence-electron chi connectivity index (χ1n) is 5.54. The van der Waals surface area contributed by atoms with Gasteiger partial charge < -0.3 is 5.11 Å². The van der Waals surface area contributed by atoms with Crippen molar-refractivity contribution in [2.45, 2.75) is 10.1 Å². The fourth-order valence-electron chi connectivity index (χ4n) is 1.74. The van der Waals surface area contributed by atoms with Crippen LogP contribution in [0.3, 0.4) is 0 Å². The second-order valence-corrected chi connectivity index (χ2v) is 4.79. The normalized spacial score (nSPS) is 10.7. The zero-order valence-electron chi connectivity index (χ0n) is 9.72. The first kappa shape index (κ1) is 11.7. The second kappa shape index (κ2) is 4.74. The van der Waals surface area contributed by atoms with Crippen LogP contribution in [-0.4, -0.2) is 25.4 Å². The molecule has 0 fully saturated rings. The lowest BCUT2D eigenvalue weighted by Crippen LogP contribution is -2.00. The first-order valence-corrected chi connectivity index (χ1v) is 6.35. The third-order valence-electron chi connectivity index (χ3n) is 2.59. The van der Waals surface area contributed by atoms with Crippen molar-refractivity contribution in [1.29, 1.82) is 0 Å². The third-order valence-corrected chi connectivity index (χ3v) is 3.65. The molecule has 19 heavy (non-hydrogen) atoms. The number of hydrogen-bond donors (Lipinski definition) is 1. The first-order chi connectivity index (χ1) is 9.25. The Hall–Kier alpha value is -2.34. The maximum Gasteiger partial charge on any atom is 0.338 e. The number of carboxylic acid groups (broad SMARTS) is 1. The fourth-order valence-corrected chi connectivity index (χ4v) is 2.71. The average molecular weight is 271 g/mol. The third kappa shape index (κ3) is 2.17. The van der Waals surface area contributed by atoms with E-state index in [2.05, 4.69) is 9.97 Å². The lowest BCUT2D eigenvalue weighted by atomic mass is 10.3. The largest absolute Gasteiger partial charge is 0.478 e. The molecular weight excluding hydrogens is 262 g/mol. The summed E-state index contributed by atoms with van der Waals surface area (Å²) in [6.45, 7) is 0. The number of hydrogen-bond acceptors (Lipinski definition) is 4. The topological polar surface area (TPSA) is 67.5 Å². The SMILES string of the molecule is O=C(O)c1cccnc1Sc1cccc2nccn12. The van der Waals surface area contributed by atoms with E-state index < -0.39 is 5.97 Å². The molecule has 0 saturated heterocycles. The van der Waals surface area contributed by atoms with Gasteiger partial charge in [0.1, 0.15) is 10.7 Å². The summed E-state index contributed by atoms with van der Waals surface area (Å²) in [4.78, 5) is 19.5. The highest BCUT2D eigenvalue weighted by Gasteiger charge is 2.13. The Morgan fingerprint density at radius 1 is 1.16 bits per heavy atom. The molecule has 3 aromatic rings. The summed E-state index contributed by atoms with van der Waals surface area (Å²) in [5.74, 6) is -0.978. The number of carbonyl (C=O) groups is 1. The van der Waals surface area contributed by atoms with Crippen LogP contribution in [0.4, 0.5) is 0 Å². The maximum absolute atomic E-state index is 11.2. The van der Waals surface area contributed by atoms with Gasteiger partial charge in [-0.25, -0.2) is 14.8 Å². The predicted molar refractivity (Wildman–Crippen MR) is 70.5 cm³/mol. The van der Waals surface area contributed by atoms with Crippen molar-refractivity contribution in [2.24, 2.45) is 0 Å². The molecule has 0 aliphatic heterocycles. The Bertz CT molecular complexity index is 754. The molecule has 1 N–H and O–H groups in total. The fraction of sp³-hybridized carbons (Fsp3) is 0. The van der Waals surface area contributed by atoms with Gasteiger partial charge in [-0.05, 0) is 24.3 Å². The quantitative estimate of drug-likeness (QED) is 0.793. The molecule has 3 rings (SSSR count). The van der Waals surface area contributed by atoms with E-state index in [1.807, 2.05) is 28.8 Å². The number of pyridine rings is 2. The minimum atomic E-state index is -0.978. The van der Waals surface area contributed by atoms with Gasteiger partial charge in [-0.3, -0.25) is 4.40 Å². The van der Waals surface area contributed by atoms with E-state index in [0.717, 1.165) is 10.7 Å². The van der Waals surface area contributed by atoms with Gasteiger partial charge in [0, 0.05) is 18.6 Å². The Morgan fingerprint density at radius 2 is 2.05 bits per heavy atom. The van der Waals surface area contributed by atoms with Gasteiger partial charge in [0.2, 0.25) is 0 Å². The van der Waals surface area contributed by atoms with Crippen LogP contribution >= 0.6 is 11.8 Å². The standard InChI is InChI=1S/C13H9N3O2S/c17-13(18)9-3-2-6-15-12(9)19-11-5-1-4-10-14-7-8-16(10)11/h1-8H,(H,17,18). The highest BCUT2D eigenvalue weighted by molar-refractivity contribution is 7.99. The molecule has 0 unspecified atom stereocenters. The van der Waals surface area contributed by atoms with Crippen molar-refractivity contribution in [1.82, 2.24) is 14.4 Å². The number of carboxylic acids is 1. The molecule has 0 aliphatic carbocycles. The van der Waals surface area contributed by atoms with Crippen LogP contribution in [0.25, 0.3) is 5.65 Å². The second-order valence-electron chi connectivity index (χ2n) is 3.78. The zero-order chi connectivity index (χ0) is 13.2. The summed E-state index contributed by atoms with van der Waals surface area (Å²) in [7, 11) is 0. The van der Waals surface area contributed by atoms with Gasteiger partial charge >= 0.3 is 5.97 Å².